The van der Waals surface area contributed by atoms with Gasteiger partial charge in [-0.25, -0.2) is 14.6 Å². The number of Topliss-reactive ketones (excluding diaryl/α,β-unsaturated/α-hetero) is 1. The van der Waals surface area contributed by atoms with E-state index in [2.05, 4.69) is 26.1 Å². The van der Waals surface area contributed by atoms with E-state index >= 15 is 0 Å². The average molecular weight is 496 g/mol. The second-order valence-corrected chi connectivity index (χ2v) is 8.85. The van der Waals surface area contributed by atoms with Crippen molar-refractivity contribution in [2.45, 2.75) is 26.2 Å². The van der Waals surface area contributed by atoms with Crippen LogP contribution in [0.15, 0.2) is 60.2 Å². The molecule has 3 aromatic heterocycles. The molecule has 4 heterocycles. The number of benzene rings is 1. The van der Waals surface area contributed by atoms with Gasteiger partial charge in [0.1, 0.15) is 17.9 Å². The molecule has 0 bridgehead atoms. The fourth-order valence-corrected chi connectivity index (χ4v) is 4.69. The summed E-state index contributed by atoms with van der Waals surface area (Å²) in [7, 11) is 1.49. The number of methoxy groups -OCH3 is 1. The lowest BCUT2D eigenvalue weighted by atomic mass is 9.97. The molecule has 0 spiro atoms. The van der Waals surface area contributed by atoms with Crippen molar-refractivity contribution in [3.05, 3.63) is 77.2 Å². The standard InChI is InChI=1S/C27H25N7O3/c1-17-31-16-34(32-17)26-24-23(22(37-2)14-30-26)21(13-29-24)25(35)27(36)33-11-9-20(15-33)19(8-10-28)12-18-6-4-3-5-7-18/h3-7,13-14,16,29H,8-9,11-12,15H2,1-2H3/b20-19-. The van der Waals surface area contributed by atoms with Gasteiger partial charge in [0.05, 0.1) is 42.3 Å². The molecule has 10 nitrogen and oxygen atoms in total. The van der Waals surface area contributed by atoms with Gasteiger partial charge in [-0.2, -0.15) is 10.4 Å². The highest BCUT2D eigenvalue weighted by Gasteiger charge is 2.31. The van der Waals surface area contributed by atoms with Gasteiger partial charge in [0.25, 0.3) is 11.7 Å². The summed E-state index contributed by atoms with van der Waals surface area (Å²) in [5.74, 6) is 0.154. The van der Waals surface area contributed by atoms with Gasteiger partial charge in [0.15, 0.2) is 5.82 Å². The Bertz CT molecular complexity index is 1560. The number of nitrogens with zero attached hydrogens (tertiary/aromatic N) is 6. The Morgan fingerprint density at radius 2 is 2.03 bits per heavy atom. The highest BCUT2D eigenvalue weighted by atomic mass is 16.5. The number of carbonyl (C=O) groups excluding carboxylic acids is 2. The number of aryl methyl sites for hydroxylation is 1. The van der Waals surface area contributed by atoms with Gasteiger partial charge in [-0.3, -0.25) is 9.59 Å². The molecule has 0 aliphatic carbocycles. The number of ketones is 1. The van der Waals surface area contributed by atoms with E-state index in [0.29, 0.717) is 54.2 Å². The van der Waals surface area contributed by atoms with E-state index in [1.165, 1.54) is 30.5 Å². The molecule has 186 valence electrons. The monoisotopic (exact) mass is 495 g/mol. The van der Waals surface area contributed by atoms with Crippen molar-refractivity contribution in [3.8, 4) is 17.6 Å². The zero-order chi connectivity index (χ0) is 25.9. The van der Waals surface area contributed by atoms with Gasteiger partial charge < -0.3 is 14.6 Å². The van der Waals surface area contributed by atoms with Crippen LogP contribution in [0.2, 0.25) is 0 Å². The summed E-state index contributed by atoms with van der Waals surface area (Å²) < 4.78 is 6.97. The minimum atomic E-state index is -0.636. The number of ether oxygens (including phenoxy) is 1. The number of nitrogens with one attached hydrogen (secondary N) is 1. The molecule has 1 N–H and O–H groups in total. The maximum Gasteiger partial charge on any atom is 0.295 e. The number of allylic oxidation sites excluding steroid dienone is 1. The lowest BCUT2D eigenvalue weighted by Gasteiger charge is -2.15. The number of carbonyl (C=O) groups is 2. The SMILES string of the molecule is COc1cnc(-n2cnc(C)n2)c2[nH]cc(C(=O)C(=O)N3CC/C(=C(\CC#N)Cc4ccccc4)C3)c12. The predicted molar refractivity (Wildman–Crippen MR) is 135 cm³/mol. The van der Waals surface area contributed by atoms with Gasteiger partial charge >= 0.3 is 0 Å². The van der Waals surface area contributed by atoms with Crippen LogP contribution in [0.3, 0.4) is 0 Å². The Balaban J connectivity index is 1.43. The molecule has 0 unspecified atom stereocenters. The number of fused-ring (bicyclic) bond motifs is 1. The molecule has 0 saturated carbocycles. The normalized spacial score (nSPS) is 14.6. The highest BCUT2D eigenvalue weighted by Crippen LogP contribution is 2.32. The zero-order valence-electron chi connectivity index (χ0n) is 20.6. The van der Waals surface area contributed by atoms with Gasteiger partial charge in [-0.1, -0.05) is 35.9 Å². The second-order valence-electron chi connectivity index (χ2n) is 8.85. The smallest absolute Gasteiger partial charge is 0.295 e. The van der Waals surface area contributed by atoms with E-state index in [9.17, 15) is 14.9 Å². The number of hydrogen-bond acceptors (Lipinski definition) is 7. The summed E-state index contributed by atoms with van der Waals surface area (Å²) in [6, 6.07) is 12.2. The van der Waals surface area contributed by atoms with Gasteiger partial charge in [0, 0.05) is 19.3 Å². The number of rotatable bonds is 7. The van der Waals surface area contributed by atoms with Crippen molar-refractivity contribution in [3.63, 3.8) is 0 Å². The van der Waals surface area contributed by atoms with Crippen LogP contribution in [-0.2, 0) is 11.2 Å². The number of aromatic amines is 1. The van der Waals surface area contributed by atoms with Crippen LogP contribution < -0.4 is 4.74 Å². The summed E-state index contributed by atoms with van der Waals surface area (Å²) in [5.41, 5.74) is 3.87. The molecule has 4 aromatic rings. The Morgan fingerprint density at radius 3 is 2.73 bits per heavy atom. The van der Waals surface area contributed by atoms with E-state index in [1.54, 1.807) is 11.8 Å². The minimum absolute atomic E-state index is 0.205. The quantitative estimate of drug-likeness (QED) is 0.236. The lowest BCUT2D eigenvalue weighted by Crippen LogP contribution is -2.34. The number of hydrogen-bond donors (Lipinski definition) is 1. The van der Waals surface area contributed by atoms with Crippen molar-refractivity contribution < 1.29 is 14.3 Å². The van der Waals surface area contributed by atoms with Crippen LogP contribution in [0, 0.1) is 18.3 Å². The zero-order valence-corrected chi connectivity index (χ0v) is 20.6. The van der Waals surface area contributed by atoms with Crippen molar-refractivity contribution in [1.29, 1.82) is 5.26 Å². The summed E-state index contributed by atoms with van der Waals surface area (Å²) in [6.45, 7) is 2.52. The van der Waals surface area contributed by atoms with Crippen molar-refractivity contribution in [2.75, 3.05) is 20.2 Å². The number of amides is 1. The van der Waals surface area contributed by atoms with Crippen molar-refractivity contribution >= 4 is 22.6 Å². The Labute approximate surface area is 213 Å². The van der Waals surface area contributed by atoms with Crippen LogP contribution in [0.25, 0.3) is 16.7 Å². The first-order chi connectivity index (χ1) is 18.0. The molecule has 1 aliphatic rings. The molecule has 1 aromatic carbocycles. The maximum absolute atomic E-state index is 13.4. The maximum atomic E-state index is 13.4. The second kappa shape index (κ2) is 10.1. The largest absolute Gasteiger partial charge is 0.494 e. The van der Waals surface area contributed by atoms with E-state index < -0.39 is 11.7 Å². The highest BCUT2D eigenvalue weighted by molar-refractivity contribution is 6.45. The topological polar surface area (TPSA) is 130 Å². The first-order valence-electron chi connectivity index (χ1n) is 11.9. The number of pyridine rings is 1. The van der Waals surface area contributed by atoms with Crippen LogP contribution in [0.4, 0.5) is 0 Å². The first kappa shape index (κ1) is 23.9. The fourth-order valence-electron chi connectivity index (χ4n) is 4.69. The number of nitriles is 1. The van der Waals surface area contributed by atoms with Crippen molar-refractivity contribution in [1.82, 2.24) is 29.6 Å². The Morgan fingerprint density at radius 1 is 1.22 bits per heavy atom. The van der Waals surface area contributed by atoms with E-state index in [0.717, 1.165) is 16.7 Å². The van der Waals surface area contributed by atoms with E-state index in [4.69, 9.17) is 4.74 Å². The van der Waals surface area contributed by atoms with Gasteiger partial charge in [-0.05, 0) is 30.9 Å². The molecule has 1 amide bonds. The third kappa shape index (κ3) is 4.59. The van der Waals surface area contributed by atoms with Gasteiger partial charge in [-0.15, -0.1) is 0 Å². The number of H-pyrrole nitrogens is 1. The van der Waals surface area contributed by atoms with E-state index in [-0.39, 0.29) is 12.0 Å². The lowest BCUT2D eigenvalue weighted by molar-refractivity contribution is -0.125. The Hall–Kier alpha value is -4.78. The Kier molecular flexibility index (Phi) is 6.51. The third-order valence-electron chi connectivity index (χ3n) is 6.54. The first-order valence-corrected chi connectivity index (χ1v) is 11.9. The van der Waals surface area contributed by atoms with Gasteiger partial charge in [0.2, 0.25) is 0 Å². The molecule has 37 heavy (non-hydrogen) atoms. The molecule has 0 atom stereocenters. The fraction of sp³-hybridized carbons (Fsp3) is 0.259. The molecule has 10 heteroatoms. The predicted octanol–water partition coefficient (Wildman–Crippen LogP) is 3.33. The summed E-state index contributed by atoms with van der Waals surface area (Å²) in [5, 5.41) is 14.1. The van der Waals surface area contributed by atoms with Crippen LogP contribution in [0.1, 0.15) is 34.6 Å². The average Bonchev–Trinajstić information content (AvgIpc) is 3.67. The molecular formula is C27H25N7O3. The summed E-state index contributed by atoms with van der Waals surface area (Å²) in [4.78, 5) is 39.9. The molecule has 1 aliphatic heterocycles. The third-order valence-corrected chi connectivity index (χ3v) is 6.54. The molecule has 1 saturated heterocycles. The number of aromatic nitrogens is 5. The molecular weight excluding hydrogens is 470 g/mol. The minimum Gasteiger partial charge on any atom is -0.494 e. The molecule has 5 rings (SSSR count). The number of likely N-dealkylation sites (tertiary alicyclic amines) is 1. The van der Waals surface area contributed by atoms with Crippen LogP contribution in [0.5, 0.6) is 5.75 Å². The van der Waals surface area contributed by atoms with Crippen LogP contribution in [-0.4, -0.2) is 61.5 Å². The molecule has 1 fully saturated rings. The summed E-state index contributed by atoms with van der Waals surface area (Å²) >= 11 is 0. The van der Waals surface area contributed by atoms with E-state index in [1.807, 2.05) is 30.3 Å². The van der Waals surface area contributed by atoms with Crippen LogP contribution >= 0.6 is 0 Å². The van der Waals surface area contributed by atoms with Crippen molar-refractivity contribution in [2.24, 2.45) is 0 Å². The molecule has 0 radical (unpaired) electrons. The summed E-state index contributed by atoms with van der Waals surface area (Å²) in [6.07, 6.45) is 6.11.